The van der Waals surface area contributed by atoms with Crippen LogP contribution in [0.25, 0.3) is 0 Å². The standard InChI is InChI=1S/C19H26N4O2S2/c1-13-10-26-16(21-13)9-23-7-8-25-19(11-23)6-4-3-5-15(19)22-18(24)17-14(2)20-12-27-17/h10,12,15H,3-9,11H2,1-2H3,(H,22,24)/t15-,19+/m0/s1. The predicted molar refractivity (Wildman–Crippen MR) is 107 cm³/mol. The van der Waals surface area contributed by atoms with Gasteiger partial charge in [0.05, 0.1) is 30.4 Å². The number of hydrogen-bond donors (Lipinski definition) is 1. The molecule has 2 aliphatic rings. The van der Waals surface area contributed by atoms with Gasteiger partial charge in [-0.1, -0.05) is 12.8 Å². The normalized spacial score (nSPS) is 26.4. The molecule has 0 radical (unpaired) electrons. The number of thiazole rings is 2. The van der Waals surface area contributed by atoms with Gasteiger partial charge in [-0.25, -0.2) is 9.97 Å². The summed E-state index contributed by atoms with van der Waals surface area (Å²) >= 11 is 3.13. The molecule has 2 fully saturated rings. The lowest BCUT2D eigenvalue weighted by Crippen LogP contribution is -2.63. The van der Waals surface area contributed by atoms with Crippen LogP contribution in [0, 0.1) is 13.8 Å². The molecular formula is C19H26N4O2S2. The highest BCUT2D eigenvalue weighted by Gasteiger charge is 2.46. The molecule has 146 valence electrons. The van der Waals surface area contributed by atoms with E-state index in [0.717, 1.165) is 61.7 Å². The van der Waals surface area contributed by atoms with Crippen molar-refractivity contribution in [1.82, 2.24) is 20.2 Å². The topological polar surface area (TPSA) is 67.3 Å². The van der Waals surface area contributed by atoms with Crippen LogP contribution in [0.1, 0.15) is 51.8 Å². The number of amides is 1. The van der Waals surface area contributed by atoms with E-state index in [2.05, 4.69) is 25.6 Å². The summed E-state index contributed by atoms with van der Waals surface area (Å²) in [6.45, 7) is 7.24. The zero-order valence-electron chi connectivity index (χ0n) is 15.9. The SMILES string of the molecule is Cc1csc(CN2CCO[C@]3(CCCC[C@@H]3NC(=O)c3scnc3C)C2)n1. The van der Waals surface area contributed by atoms with Crippen LogP contribution in [0.3, 0.4) is 0 Å². The lowest BCUT2D eigenvalue weighted by molar-refractivity contribution is -0.143. The molecule has 1 spiro atoms. The van der Waals surface area contributed by atoms with Crippen molar-refractivity contribution in [2.24, 2.45) is 0 Å². The van der Waals surface area contributed by atoms with Crippen LogP contribution in [0.4, 0.5) is 0 Å². The monoisotopic (exact) mass is 406 g/mol. The van der Waals surface area contributed by atoms with E-state index in [4.69, 9.17) is 4.74 Å². The minimum absolute atomic E-state index is 0.0162. The molecule has 1 saturated carbocycles. The number of nitrogens with zero attached hydrogens (tertiary/aromatic N) is 3. The number of nitrogens with one attached hydrogen (secondary N) is 1. The summed E-state index contributed by atoms with van der Waals surface area (Å²) in [5.41, 5.74) is 3.32. The number of hydrogen-bond acceptors (Lipinski definition) is 7. The van der Waals surface area contributed by atoms with Crippen LogP contribution in [0.5, 0.6) is 0 Å². The number of aryl methyl sites for hydroxylation is 2. The molecular weight excluding hydrogens is 380 g/mol. The molecule has 3 heterocycles. The van der Waals surface area contributed by atoms with E-state index in [1.54, 1.807) is 16.8 Å². The first kappa shape index (κ1) is 19.0. The maximum Gasteiger partial charge on any atom is 0.263 e. The first-order valence-electron chi connectivity index (χ1n) is 9.54. The highest BCUT2D eigenvalue weighted by Crippen LogP contribution is 2.36. The van der Waals surface area contributed by atoms with Crippen molar-refractivity contribution in [3.8, 4) is 0 Å². The Balaban J connectivity index is 1.48. The zero-order valence-corrected chi connectivity index (χ0v) is 17.5. The Morgan fingerprint density at radius 3 is 3.04 bits per heavy atom. The predicted octanol–water partition coefficient (Wildman–Crippen LogP) is 3.16. The van der Waals surface area contributed by atoms with Crippen molar-refractivity contribution in [2.75, 3.05) is 19.7 Å². The average molecular weight is 407 g/mol. The Kier molecular flexibility index (Phi) is 5.59. The van der Waals surface area contributed by atoms with E-state index < -0.39 is 0 Å². The van der Waals surface area contributed by atoms with Crippen molar-refractivity contribution < 1.29 is 9.53 Å². The Morgan fingerprint density at radius 1 is 1.41 bits per heavy atom. The second kappa shape index (κ2) is 7.95. The Morgan fingerprint density at radius 2 is 2.30 bits per heavy atom. The summed E-state index contributed by atoms with van der Waals surface area (Å²) in [4.78, 5) is 24.7. The van der Waals surface area contributed by atoms with Gasteiger partial charge < -0.3 is 10.1 Å². The van der Waals surface area contributed by atoms with Gasteiger partial charge >= 0.3 is 0 Å². The van der Waals surface area contributed by atoms with Crippen molar-refractivity contribution >= 4 is 28.6 Å². The maximum atomic E-state index is 12.8. The molecule has 0 bridgehead atoms. The lowest BCUT2D eigenvalue weighted by Gasteiger charge is -2.49. The first-order valence-corrected chi connectivity index (χ1v) is 11.3. The molecule has 1 saturated heterocycles. The Hall–Kier alpha value is -1.35. The van der Waals surface area contributed by atoms with Gasteiger partial charge in [0.25, 0.3) is 5.91 Å². The molecule has 4 rings (SSSR count). The van der Waals surface area contributed by atoms with E-state index in [1.807, 2.05) is 13.8 Å². The van der Waals surface area contributed by atoms with E-state index in [0.29, 0.717) is 11.5 Å². The molecule has 1 aliphatic carbocycles. The summed E-state index contributed by atoms with van der Waals surface area (Å²) in [7, 11) is 0. The molecule has 1 aliphatic heterocycles. The van der Waals surface area contributed by atoms with Gasteiger partial charge in [0, 0.05) is 24.2 Å². The largest absolute Gasteiger partial charge is 0.370 e. The lowest BCUT2D eigenvalue weighted by atomic mass is 9.78. The molecule has 8 heteroatoms. The highest BCUT2D eigenvalue weighted by molar-refractivity contribution is 7.11. The molecule has 1 N–H and O–H groups in total. The molecule has 0 aromatic carbocycles. The zero-order chi connectivity index (χ0) is 18.9. The van der Waals surface area contributed by atoms with Gasteiger partial charge in [-0.3, -0.25) is 9.69 Å². The Labute approximate surface area is 168 Å². The van der Waals surface area contributed by atoms with Crippen molar-refractivity contribution in [3.05, 3.63) is 32.2 Å². The average Bonchev–Trinajstić information content (AvgIpc) is 3.25. The summed E-state index contributed by atoms with van der Waals surface area (Å²) in [5, 5.41) is 6.54. The first-order chi connectivity index (χ1) is 13.1. The van der Waals surface area contributed by atoms with Gasteiger partial charge in [0.1, 0.15) is 15.5 Å². The van der Waals surface area contributed by atoms with Crippen molar-refractivity contribution in [1.29, 1.82) is 0 Å². The molecule has 27 heavy (non-hydrogen) atoms. The minimum atomic E-state index is -0.295. The fraction of sp³-hybridized carbons (Fsp3) is 0.632. The molecule has 1 amide bonds. The van der Waals surface area contributed by atoms with Crippen LogP contribution in [-0.2, 0) is 11.3 Å². The summed E-state index contributed by atoms with van der Waals surface area (Å²) in [5.74, 6) is -0.0162. The third kappa shape index (κ3) is 4.08. The van der Waals surface area contributed by atoms with Crippen LogP contribution >= 0.6 is 22.7 Å². The van der Waals surface area contributed by atoms with Gasteiger partial charge in [0.2, 0.25) is 0 Å². The van der Waals surface area contributed by atoms with Gasteiger partial charge in [-0.15, -0.1) is 22.7 Å². The van der Waals surface area contributed by atoms with Gasteiger partial charge in [0.15, 0.2) is 0 Å². The number of aromatic nitrogens is 2. The number of carbonyl (C=O) groups excluding carboxylic acids is 1. The smallest absolute Gasteiger partial charge is 0.263 e. The fourth-order valence-electron chi connectivity index (χ4n) is 4.20. The molecule has 2 atom stereocenters. The van der Waals surface area contributed by atoms with Crippen LogP contribution in [-0.4, -0.2) is 52.1 Å². The summed E-state index contributed by atoms with van der Waals surface area (Å²) < 4.78 is 6.36. The summed E-state index contributed by atoms with van der Waals surface area (Å²) in [6.07, 6.45) is 4.24. The molecule has 0 unspecified atom stereocenters. The minimum Gasteiger partial charge on any atom is -0.370 e. The number of ether oxygens (including phenoxy) is 1. The van der Waals surface area contributed by atoms with E-state index in [9.17, 15) is 4.79 Å². The van der Waals surface area contributed by atoms with Gasteiger partial charge in [-0.05, 0) is 26.7 Å². The fourth-order valence-corrected chi connectivity index (χ4v) is 5.72. The number of carbonyl (C=O) groups is 1. The molecule has 2 aromatic heterocycles. The van der Waals surface area contributed by atoms with E-state index in [1.165, 1.54) is 11.3 Å². The van der Waals surface area contributed by atoms with E-state index >= 15 is 0 Å². The number of morpholine rings is 1. The molecule has 2 aromatic rings. The molecule has 6 nitrogen and oxygen atoms in total. The Bertz CT molecular complexity index is 801. The van der Waals surface area contributed by atoms with Gasteiger partial charge in [-0.2, -0.15) is 0 Å². The van der Waals surface area contributed by atoms with Crippen LogP contribution < -0.4 is 5.32 Å². The highest BCUT2D eigenvalue weighted by atomic mass is 32.1. The van der Waals surface area contributed by atoms with Crippen molar-refractivity contribution in [2.45, 2.75) is 57.7 Å². The maximum absolute atomic E-state index is 12.8. The second-order valence-electron chi connectivity index (χ2n) is 7.55. The second-order valence-corrected chi connectivity index (χ2v) is 9.34. The van der Waals surface area contributed by atoms with Crippen LogP contribution in [0.2, 0.25) is 0 Å². The van der Waals surface area contributed by atoms with Crippen LogP contribution in [0.15, 0.2) is 10.9 Å². The summed E-state index contributed by atoms with van der Waals surface area (Å²) in [6, 6.07) is 0.0427. The quantitative estimate of drug-likeness (QED) is 0.845. The van der Waals surface area contributed by atoms with E-state index in [-0.39, 0.29) is 17.6 Å². The third-order valence-corrected chi connectivity index (χ3v) is 7.43. The number of rotatable bonds is 4. The third-order valence-electron chi connectivity index (χ3n) is 5.55. The van der Waals surface area contributed by atoms with Crippen molar-refractivity contribution in [3.63, 3.8) is 0 Å².